The van der Waals surface area contributed by atoms with Gasteiger partial charge in [-0.1, -0.05) is 212 Å². The molecule has 11 rings (SSSR count). The number of rotatable bonds is 12. The molecule has 2 aliphatic heterocycles. The minimum atomic E-state index is -2.95. The molecule has 9 nitrogen and oxygen atoms in total. The zero-order valence-corrected chi connectivity index (χ0v) is 41.9. The molecule has 11 heteroatoms. The molecule has 0 saturated heterocycles. The van der Waals surface area contributed by atoms with Crippen molar-refractivity contribution in [3.05, 3.63) is 241 Å². The number of carbonyl (C=O) groups excluding carboxylic acids is 2. The van der Waals surface area contributed by atoms with E-state index in [1.807, 2.05) is 218 Å². The molecule has 6 aromatic carbocycles. The molecular formula is C63H45N6NiO3P. The summed E-state index contributed by atoms with van der Waals surface area (Å²) in [5.41, 5.74) is 10.9. The van der Waals surface area contributed by atoms with Crippen LogP contribution >= 0.6 is 7.05 Å². The maximum atomic E-state index is 14.8. The van der Waals surface area contributed by atoms with Gasteiger partial charge in [0.05, 0.1) is 36.4 Å². The minimum absolute atomic E-state index is 0. The molecule has 0 amide bonds. The molecule has 0 fully saturated rings. The van der Waals surface area contributed by atoms with E-state index in [2.05, 4.69) is 17.2 Å². The Hall–Kier alpha value is -8.81. The number of esters is 1. The number of allylic oxidation sites excluding steroid dienone is 1. The summed E-state index contributed by atoms with van der Waals surface area (Å²) in [6, 6.07) is 67.9. The van der Waals surface area contributed by atoms with E-state index in [-0.39, 0.29) is 23.1 Å². The van der Waals surface area contributed by atoms with E-state index in [0.717, 1.165) is 71.7 Å². The predicted molar refractivity (Wildman–Crippen MR) is 299 cm³/mol. The largest absolute Gasteiger partial charge is 2.00 e. The Bertz CT molecular complexity index is 3750. The number of aromatic nitrogens is 4. The monoisotopic (exact) mass is 1020 g/mol. The van der Waals surface area contributed by atoms with E-state index < -0.39 is 24.5 Å². The fourth-order valence-corrected chi connectivity index (χ4v) is 12.5. The van der Waals surface area contributed by atoms with Gasteiger partial charge in [0.1, 0.15) is 0 Å². The van der Waals surface area contributed by atoms with Gasteiger partial charge in [-0.25, -0.2) is 14.8 Å². The summed E-state index contributed by atoms with van der Waals surface area (Å²) in [4.78, 5) is 55.1. The minimum Gasteiger partial charge on any atom is -0.657 e. The van der Waals surface area contributed by atoms with Crippen LogP contribution < -0.4 is 25.9 Å². The Kier molecular flexibility index (Phi) is 14.4. The number of hydrogen-bond donors (Lipinski definition) is 0. The van der Waals surface area contributed by atoms with Crippen LogP contribution in [0.1, 0.15) is 35.3 Å². The van der Waals surface area contributed by atoms with Gasteiger partial charge < -0.3 is 14.7 Å². The fraction of sp³-hybridized carbons (Fsp3) is 0.0317. The summed E-state index contributed by atoms with van der Waals surface area (Å²) < 4.78 is 5.52. The molecule has 0 aliphatic carbocycles. The number of hydrogen-bond acceptors (Lipinski definition) is 6. The summed E-state index contributed by atoms with van der Waals surface area (Å²) in [6.45, 7) is 1.71. The molecule has 360 valence electrons. The van der Waals surface area contributed by atoms with Crippen LogP contribution in [-0.2, 0) is 30.8 Å². The van der Waals surface area contributed by atoms with Gasteiger partial charge >= 0.3 is 22.5 Å². The third-order valence-electron chi connectivity index (χ3n) is 12.6. The van der Waals surface area contributed by atoms with Crippen molar-refractivity contribution in [2.24, 2.45) is 9.96 Å². The van der Waals surface area contributed by atoms with Gasteiger partial charge in [0.25, 0.3) is 0 Å². The molecule has 74 heavy (non-hydrogen) atoms. The van der Waals surface area contributed by atoms with Crippen molar-refractivity contribution in [3.8, 4) is 33.4 Å². The van der Waals surface area contributed by atoms with Gasteiger partial charge in [0, 0.05) is 15.9 Å². The van der Waals surface area contributed by atoms with E-state index in [1.165, 1.54) is 6.08 Å². The zero-order valence-electron chi connectivity index (χ0n) is 40.0. The smallest absolute Gasteiger partial charge is 0.657 e. The average Bonchev–Trinajstić information content (AvgIpc) is 4.31. The number of fused-ring (bicyclic) bond motifs is 8. The fourth-order valence-electron chi connectivity index (χ4n) is 9.25. The predicted octanol–water partition coefficient (Wildman–Crippen LogP) is 12.6. The van der Waals surface area contributed by atoms with Gasteiger partial charge in [0.2, 0.25) is 11.5 Å². The molecule has 0 radical (unpaired) electrons. The Morgan fingerprint density at radius 2 is 0.838 bits per heavy atom. The van der Waals surface area contributed by atoms with E-state index in [1.54, 1.807) is 13.0 Å². The summed E-state index contributed by atoms with van der Waals surface area (Å²) in [5, 5.41) is 7.33. The maximum absolute atomic E-state index is 14.8. The Morgan fingerprint density at radius 1 is 0.486 bits per heavy atom. The second-order valence-electron chi connectivity index (χ2n) is 17.1. The number of nitrogens with zero attached hydrogens (tertiary/aromatic N) is 6. The van der Waals surface area contributed by atoms with Crippen LogP contribution in [0.4, 0.5) is 0 Å². The SMILES string of the molecule is CCOC(=O)/C(=N\N=P(c1ccccc1)(c1ccccc1)c1ccccc1)C(=O)/C=C/c1c2nc(c(-c3ccccc3)c3ccc([n-]3)c(-c3ccccc3)c3nc(c(-c4ccccc4)c4ccc1[n-]4)C=C3)C=C2.[Ni+2]. The van der Waals surface area contributed by atoms with Gasteiger partial charge in [0.15, 0.2) is 0 Å². The van der Waals surface area contributed by atoms with Gasteiger partial charge in [-0.3, -0.25) is 4.79 Å². The standard InChI is InChI=1S/C63H46N6O3P.Ni/c1-2-72-63(71)62(68-69-73(46-27-15-6-16-28-46,47-29-17-7-18-30-47)48-31-19-8-20-32-48)58(70)42-33-49-50-34-36-52(64-50)59(43-21-9-3-10-22-43)54-38-40-56(66-54)61(45-25-13-5-14-26-45)57-41-39-55(67-57)60(44-23-11-4-12-24-44)53-37-35-51(49)65-53;/h3-42H,2H2,1H3,(H-,64,65,66,67,68,70,71);/q-1;+2/p-1. The Labute approximate surface area is 438 Å². The first-order valence-electron chi connectivity index (χ1n) is 24.0. The van der Waals surface area contributed by atoms with Crippen LogP contribution in [0, 0.1) is 0 Å². The van der Waals surface area contributed by atoms with E-state index in [0.29, 0.717) is 28.0 Å². The van der Waals surface area contributed by atoms with Crippen LogP contribution in [0.2, 0.25) is 0 Å². The van der Waals surface area contributed by atoms with Crippen molar-refractivity contribution in [1.82, 2.24) is 19.9 Å². The van der Waals surface area contributed by atoms with Crippen molar-refractivity contribution in [2.45, 2.75) is 6.92 Å². The third kappa shape index (κ3) is 9.65. The summed E-state index contributed by atoms with van der Waals surface area (Å²) in [5.74, 6) is -1.59. The molecular weight excluding hydrogens is 978 g/mol. The van der Waals surface area contributed by atoms with E-state index >= 15 is 0 Å². The average molecular weight is 1020 g/mol. The molecule has 5 heterocycles. The van der Waals surface area contributed by atoms with Crippen LogP contribution in [0.15, 0.2) is 222 Å². The third-order valence-corrected chi connectivity index (χ3v) is 16.1. The molecule has 0 N–H and O–H groups in total. The zero-order chi connectivity index (χ0) is 49.6. The van der Waals surface area contributed by atoms with Gasteiger partial charge in [-0.15, -0.1) is 27.2 Å². The number of carbonyl (C=O) groups is 2. The van der Waals surface area contributed by atoms with Crippen LogP contribution in [0.5, 0.6) is 0 Å². The van der Waals surface area contributed by atoms with Gasteiger partial charge in [-0.2, -0.15) is 4.85 Å². The quantitative estimate of drug-likeness (QED) is 0.0227. The summed E-state index contributed by atoms with van der Waals surface area (Å²) in [6.07, 6.45) is 10.9. The molecule has 8 bridgehead atoms. The van der Waals surface area contributed by atoms with E-state index in [9.17, 15) is 9.59 Å². The first-order valence-corrected chi connectivity index (χ1v) is 25.7. The van der Waals surface area contributed by atoms with Crippen LogP contribution in [0.3, 0.4) is 0 Å². The Morgan fingerprint density at radius 3 is 1.24 bits per heavy atom. The van der Waals surface area contributed by atoms with E-state index in [4.69, 9.17) is 29.5 Å². The molecule has 3 aromatic heterocycles. The molecule has 0 saturated carbocycles. The second-order valence-corrected chi connectivity index (χ2v) is 20.1. The topological polar surface area (TPSA) is 122 Å². The molecule has 2 aliphatic rings. The van der Waals surface area contributed by atoms with Crippen molar-refractivity contribution in [1.29, 1.82) is 0 Å². The molecule has 0 unspecified atom stereocenters. The maximum Gasteiger partial charge on any atom is 2.00 e. The van der Waals surface area contributed by atoms with Crippen LogP contribution in [0.25, 0.3) is 85.8 Å². The normalized spacial score (nSPS) is 12.1. The van der Waals surface area contributed by atoms with Gasteiger partial charge in [-0.05, 0) is 76.2 Å². The van der Waals surface area contributed by atoms with Crippen molar-refractivity contribution >= 4 is 92.9 Å². The van der Waals surface area contributed by atoms with Crippen molar-refractivity contribution < 1.29 is 30.8 Å². The first kappa shape index (κ1) is 48.8. The van der Waals surface area contributed by atoms with Crippen molar-refractivity contribution in [3.63, 3.8) is 0 Å². The second kappa shape index (κ2) is 21.9. The first-order chi connectivity index (χ1) is 36.0. The molecule has 0 spiro atoms. The van der Waals surface area contributed by atoms with Crippen molar-refractivity contribution in [2.75, 3.05) is 6.61 Å². The Balaban J connectivity index is 0.00000626. The molecule has 9 aromatic rings. The number of benzene rings is 6. The molecule has 0 atom stereocenters. The summed E-state index contributed by atoms with van der Waals surface area (Å²) in [7, 11) is -2.95. The number of ketones is 1. The number of ether oxygens (including phenoxy) is 1. The van der Waals surface area contributed by atoms with Crippen LogP contribution in [-0.4, -0.2) is 34.0 Å². The summed E-state index contributed by atoms with van der Waals surface area (Å²) >= 11 is 0.